The van der Waals surface area contributed by atoms with Crippen LogP contribution in [-0.4, -0.2) is 20.9 Å². The Labute approximate surface area is 115 Å². The number of nitrogens with zero attached hydrogens (tertiary/aromatic N) is 2. The molecule has 1 aromatic heterocycles. The van der Waals surface area contributed by atoms with E-state index >= 15 is 0 Å². The molecule has 0 bridgehead atoms. The number of carboxylic acid groups (broad SMARTS) is 1. The fraction of sp³-hybridized carbons (Fsp3) is 0.333. The van der Waals surface area contributed by atoms with Gasteiger partial charge in [-0.15, -0.1) is 0 Å². The Morgan fingerprint density at radius 3 is 2.80 bits per heavy atom. The predicted molar refractivity (Wildman–Crippen MR) is 71.9 cm³/mol. The molecule has 0 unspecified atom stereocenters. The molecule has 1 aliphatic rings. The van der Waals surface area contributed by atoms with E-state index in [1.165, 1.54) is 6.07 Å². The van der Waals surface area contributed by atoms with Crippen LogP contribution in [0.2, 0.25) is 0 Å². The van der Waals surface area contributed by atoms with E-state index < -0.39 is 5.97 Å². The molecule has 3 rings (SSSR count). The molecule has 4 nitrogen and oxygen atoms in total. The van der Waals surface area contributed by atoms with E-state index in [4.69, 9.17) is 0 Å². The Bertz CT molecular complexity index is 691. The lowest BCUT2D eigenvalue weighted by atomic mass is 9.95. The van der Waals surface area contributed by atoms with Crippen LogP contribution in [0, 0.1) is 12.7 Å². The van der Waals surface area contributed by atoms with Gasteiger partial charge in [0.05, 0.1) is 5.69 Å². The lowest BCUT2D eigenvalue weighted by Crippen LogP contribution is -2.08. The van der Waals surface area contributed by atoms with Crippen molar-refractivity contribution in [3.8, 4) is 5.69 Å². The zero-order valence-electron chi connectivity index (χ0n) is 11.2. The minimum absolute atomic E-state index is 0.0979. The zero-order chi connectivity index (χ0) is 14.3. The fourth-order valence-electron chi connectivity index (χ4n) is 2.70. The Morgan fingerprint density at radius 2 is 2.10 bits per heavy atom. The molecule has 0 atom stereocenters. The van der Waals surface area contributed by atoms with E-state index in [-0.39, 0.29) is 11.5 Å². The van der Waals surface area contributed by atoms with Crippen LogP contribution in [0.1, 0.15) is 40.2 Å². The highest BCUT2D eigenvalue weighted by Gasteiger charge is 2.25. The van der Waals surface area contributed by atoms with Crippen LogP contribution < -0.4 is 0 Å². The second kappa shape index (κ2) is 4.74. The lowest BCUT2D eigenvalue weighted by molar-refractivity contribution is 0.0688. The highest BCUT2D eigenvalue weighted by Crippen LogP contribution is 2.27. The molecule has 104 valence electrons. The largest absolute Gasteiger partial charge is 0.476 e. The Hall–Kier alpha value is -2.17. The quantitative estimate of drug-likeness (QED) is 0.916. The number of aryl methyl sites for hydroxylation is 1. The standard InChI is InChI=1S/C15H15FN2O2/c1-9-6-7-10(8-12(9)16)18-13-5-3-2-4-11(13)14(17-18)15(19)20/h6-8H,2-5H2,1H3,(H,19,20). The van der Waals surface area contributed by atoms with Crippen molar-refractivity contribution in [1.82, 2.24) is 9.78 Å². The second-order valence-electron chi connectivity index (χ2n) is 5.13. The van der Waals surface area contributed by atoms with Crippen LogP contribution in [0.15, 0.2) is 18.2 Å². The van der Waals surface area contributed by atoms with E-state index in [2.05, 4.69) is 5.10 Å². The van der Waals surface area contributed by atoms with E-state index in [0.29, 0.717) is 11.3 Å². The number of hydrogen-bond acceptors (Lipinski definition) is 2. The van der Waals surface area contributed by atoms with Crippen molar-refractivity contribution >= 4 is 5.97 Å². The SMILES string of the molecule is Cc1ccc(-n2nc(C(=O)O)c3c2CCCC3)cc1F. The van der Waals surface area contributed by atoms with Crippen molar-refractivity contribution in [3.63, 3.8) is 0 Å². The molecule has 0 fully saturated rings. The average molecular weight is 274 g/mol. The number of carboxylic acids is 1. The highest BCUT2D eigenvalue weighted by molar-refractivity contribution is 5.87. The summed E-state index contributed by atoms with van der Waals surface area (Å²) in [6.45, 7) is 1.69. The summed E-state index contributed by atoms with van der Waals surface area (Å²) in [5.41, 5.74) is 2.94. The van der Waals surface area contributed by atoms with E-state index in [1.807, 2.05) is 0 Å². The number of fused-ring (bicyclic) bond motifs is 1. The van der Waals surface area contributed by atoms with Gasteiger partial charge in [-0.1, -0.05) is 6.07 Å². The molecule has 1 aliphatic carbocycles. The third-order valence-electron chi connectivity index (χ3n) is 3.78. The van der Waals surface area contributed by atoms with Gasteiger partial charge >= 0.3 is 5.97 Å². The molecule has 1 N–H and O–H groups in total. The maximum Gasteiger partial charge on any atom is 0.356 e. The average Bonchev–Trinajstić information content (AvgIpc) is 2.82. The highest BCUT2D eigenvalue weighted by atomic mass is 19.1. The summed E-state index contributed by atoms with van der Waals surface area (Å²) >= 11 is 0. The number of hydrogen-bond donors (Lipinski definition) is 1. The minimum Gasteiger partial charge on any atom is -0.476 e. The molecule has 1 heterocycles. The van der Waals surface area contributed by atoms with Gasteiger partial charge in [-0.2, -0.15) is 5.10 Å². The number of aromatic nitrogens is 2. The van der Waals surface area contributed by atoms with Crippen LogP contribution in [0.3, 0.4) is 0 Å². The topological polar surface area (TPSA) is 55.1 Å². The lowest BCUT2D eigenvalue weighted by Gasteiger charge is -2.14. The monoisotopic (exact) mass is 274 g/mol. The molecular formula is C15H15FN2O2. The summed E-state index contributed by atoms with van der Waals surface area (Å²) < 4.78 is 15.3. The molecule has 0 saturated heterocycles. The van der Waals surface area contributed by atoms with Gasteiger partial charge in [0, 0.05) is 11.3 Å². The molecule has 0 aliphatic heterocycles. The zero-order valence-corrected chi connectivity index (χ0v) is 11.2. The first-order valence-electron chi connectivity index (χ1n) is 6.68. The number of carbonyl (C=O) groups is 1. The molecule has 0 spiro atoms. The molecule has 0 saturated carbocycles. The minimum atomic E-state index is -1.02. The maximum atomic E-state index is 13.7. The smallest absolute Gasteiger partial charge is 0.356 e. The summed E-state index contributed by atoms with van der Waals surface area (Å²) in [5.74, 6) is -1.33. The number of halogens is 1. The van der Waals surface area contributed by atoms with Crippen molar-refractivity contribution < 1.29 is 14.3 Å². The molecule has 2 aromatic rings. The summed E-state index contributed by atoms with van der Waals surface area (Å²) in [7, 11) is 0. The summed E-state index contributed by atoms with van der Waals surface area (Å²) in [6, 6.07) is 4.86. The summed E-state index contributed by atoms with van der Waals surface area (Å²) in [6.07, 6.45) is 3.49. The predicted octanol–water partition coefficient (Wildman–Crippen LogP) is 2.90. The number of aromatic carboxylic acids is 1. The van der Waals surface area contributed by atoms with Gasteiger partial charge < -0.3 is 5.11 Å². The van der Waals surface area contributed by atoms with Gasteiger partial charge in [-0.25, -0.2) is 13.9 Å². The van der Waals surface area contributed by atoms with Crippen LogP contribution in [0.4, 0.5) is 4.39 Å². The number of benzene rings is 1. The molecule has 0 radical (unpaired) electrons. The normalized spacial score (nSPS) is 14.1. The second-order valence-corrected chi connectivity index (χ2v) is 5.13. The first-order valence-corrected chi connectivity index (χ1v) is 6.68. The molecule has 20 heavy (non-hydrogen) atoms. The van der Waals surface area contributed by atoms with Crippen LogP contribution in [0.25, 0.3) is 5.69 Å². The third kappa shape index (κ3) is 1.99. The summed E-state index contributed by atoms with van der Waals surface area (Å²) in [5, 5.41) is 13.4. The van der Waals surface area contributed by atoms with Gasteiger partial charge in [0.1, 0.15) is 5.82 Å². The molecule has 5 heteroatoms. The number of rotatable bonds is 2. The van der Waals surface area contributed by atoms with Gasteiger partial charge in [0.15, 0.2) is 5.69 Å². The van der Waals surface area contributed by atoms with Crippen molar-refractivity contribution in [3.05, 3.63) is 46.5 Å². The third-order valence-corrected chi connectivity index (χ3v) is 3.78. The Balaban J connectivity index is 2.18. The summed E-state index contributed by atoms with van der Waals surface area (Å²) in [4.78, 5) is 11.3. The van der Waals surface area contributed by atoms with Crippen molar-refractivity contribution in [2.45, 2.75) is 32.6 Å². The Kier molecular flexibility index (Phi) is 3.04. The molecule has 0 amide bonds. The van der Waals surface area contributed by atoms with Crippen LogP contribution in [0.5, 0.6) is 0 Å². The molecular weight excluding hydrogens is 259 g/mol. The van der Waals surface area contributed by atoms with Crippen molar-refractivity contribution in [2.75, 3.05) is 0 Å². The van der Waals surface area contributed by atoms with E-state index in [1.54, 1.807) is 23.7 Å². The van der Waals surface area contributed by atoms with Gasteiger partial charge in [0.2, 0.25) is 0 Å². The van der Waals surface area contributed by atoms with E-state index in [0.717, 1.165) is 36.9 Å². The molecule has 1 aromatic carbocycles. The van der Waals surface area contributed by atoms with Crippen molar-refractivity contribution in [2.24, 2.45) is 0 Å². The van der Waals surface area contributed by atoms with Crippen LogP contribution >= 0.6 is 0 Å². The van der Waals surface area contributed by atoms with Crippen LogP contribution in [-0.2, 0) is 12.8 Å². The van der Waals surface area contributed by atoms with Gasteiger partial charge in [-0.05, 0) is 50.3 Å². The fourth-order valence-corrected chi connectivity index (χ4v) is 2.70. The first-order chi connectivity index (χ1) is 9.58. The Morgan fingerprint density at radius 1 is 1.35 bits per heavy atom. The maximum absolute atomic E-state index is 13.7. The van der Waals surface area contributed by atoms with E-state index in [9.17, 15) is 14.3 Å². The van der Waals surface area contributed by atoms with Gasteiger partial charge in [-0.3, -0.25) is 0 Å². The van der Waals surface area contributed by atoms with Gasteiger partial charge in [0.25, 0.3) is 0 Å². The first kappa shape index (κ1) is 12.8. The van der Waals surface area contributed by atoms with Crippen molar-refractivity contribution in [1.29, 1.82) is 0 Å².